The zero-order valence-electron chi connectivity index (χ0n) is 18.3. The minimum absolute atomic E-state index is 0.0110. The van der Waals surface area contributed by atoms with Gasteiger partial charge in [0.1, 0.15) is 17.7 Å². The van der Waals surface area contributed by atoms with Gasteiger partial charge >= 0.3 is 0 Å². The van der Waals surface area contributed by atoms with Gasteiger partial charge in [-0.25, -0.2) is 9.07 Å². The van der Waals surface area contributed by atoms with Crippen LogP contribution in [0.1, 0.15) is 37.7 Å². The number of hydrogen-bond donors (Lipinski definition) is 1. The highest BCUT2D eigenvalue weighted by molar-refractivity contribution is 5.81. The minimum atomic E-state index is -0.660. The number of benzene rings is 1. The summed E-state index contributed by atoms with van der Waals surface area (Å²) in [6, 6.07) is 5.66. The fourth-order valence-corrected chi connectivity index (χ4v) is 3.82. The molecule has 0 spiro atoms. The van der Waals surface area contributed by atoms with Crippen LogP contribution in [0.2, 0.25) is 0 Å². The maximum atomic E-state index is 13.7. The Hall–Kier alpha value is -2.88. The number of aryl methyl sites for hydroxylation is 1. The molecule has 0 aliphatic carbocycles. The second kappa shape index (κ2) is 10.4. The SMILES string of the molecule is Cc1nnnn1C(Cc1cccc(F)c1)C(=O)N1CCCN(CC(=O)NC(C)C)CC1. The van der Waals surface area contributed by atoms with Crippen LogP contribution in [0, 0.1) is 12.7 Å². The predicted molar refractivity (Wildman–Crippen MR) is 113 cm³/mol. The van der Waals surface area contributed by atoms with E-state index in [1.165, 1.54) is 16.8 Å². The van der Waals surface area contributed by atoms with E-state index in [9.17, 15) is 14.0 Å². The van der Waals surface area contributed by atoms with Gasteiger partial charge in [-0.3, -0.25) is 14.5 Å². The van der Waals surface area contributed by atoms with Crippen molar-refractivity contribution >= 4 is 11.8 Å². The van der Waals surface area contributed by atoms with Gasteiger partial charge in [-0.2, -0.15) is 0 Å². The van der Waals surface area contributed by atoms with Crippen molar-refractivity contribution in [3.63, 3.8) is 0 Å². The molecule has 10 heteroatoms. The third kappa shape index (κ3) is 6.30. The Labute approximate surface area is 181 Å². The monoisotopic (exact) mass is 431 g/mol. The molecule has 1 aliphatic rings. The largest absolute Gasteiger partial charge is 0.353 e. The normalized spacial score (nSPS) is 16.2. The molecule has 2 amide bonds. The zero-order valence-corrected chi connectivity index (χ0v) is 18.3. The van der Waals surface area contributed by atoms with Crippen LogP contribution in [0.15, 0.2) is 24.3 Å². The van der Waals surface area contributed by atoms with E-state index in [4.69, 9.17) is 0 Å². The second-order valence-corrected chi connectivity index (χ2v) is 8.20. The molecule has 1 N–H and O–H groups in total. The lowest BCUT2D eigenvalue weighted by Gasteiger charge is -2.27. The van der Waals surface area contributed by atoms with E-state index in [1.54, 1.807) is 24.0 Å². The van der Waals surface area contributed by atoms with Crippen molar-refractivity contribution < 1.29 is 14.0 Å². The van der Waals surface area contributed by atoms with Gasteiger partial charge in [0.2, 0.25) is 11.8 Å². The van der Waals surface area contributed by atoms with E-state index in [2.05, 4.69) is 25.7 Å². The second-order valence-electron chi connectivity index (χ2n) is 8.20. The maximum absolute atomic E-state index is 13.7. The van der Waals surface area contributed by atoms with E-state index < -0.39 is 6.04 Å². The molecule has 1 fully saturated rings. The Morgan fingerprint density at radius 3 is 2.68 bits per heavy atom. The Balaban J connectivity index is 1.71. The molecule has 31 heavy (non-hydrogen) atoms. The van der Waals surface area contributed by atoms with Crippen molar-refractivity contribution in [3.05, 3.63) is 41.5 Å². The number of hydrogen-bond acceptors (Lipinski definition) is 6. The molecule has 2 heterocycles. The van der Waals surface area contributed by atoms with Gasteiger partial charge < -0.3 is 10.2 Å². The number of nitrogens with zero attached hydrogens (tertiary/aromatic N) is 6. The van der Waals surface area contributed by atoms with Gasteiger partial charge in [0, 0.05) is 38.6 Å². The standard InChI is InChI=1S/C21H30FN7O2/c1-15(2)23-20(30)14-27-8-5-9-28(11-10-27)21(31)19(29-16(3)24-25-26-29)13-17-6-4-7-18(22)12-17/h4,6-7,12,15,19H,5,8-11,13-14H2,1-3H3,(H,23,30). The van der Waals surface area contributed by atoms with Crippen molar-refractivity contribution in [2.75, 3.05) is 32.7 Å². The number of rotatable bonds is 7. The van der Waals surface area contributed by atoms with Gasteiger partial charge in [-0.05, 0) is 55.3 Å². The van der Waals surface area contributed by atoms with Crippen molar-refractivity contribution in [2.45, 2.75) is 45.7 Å². The highest BCUT2D eigenvalue weighted by Crippen LogP contribution is 2.19. The first-order valence-corrected chi connectivity index (χ1v) is 10.6. The summed E-state index contributed by atoms with van der Waals surface area (Å²) < 4.78 is 15.2. The molecule has 168 valence electrons. The maximum Gasteiger partial charge on any atom is 0.247 e. The van der Waals surface area contributed by atoms with Crippen LogP contribution in [0.5, 0.6) is 0 Å². The summed E-state index contributed by atoms with van der Waals surface area (Å²) in [7, 11) is 0. The van der Waals surface area contributed by atoms with Crippen LogP contribution in [-0.2, 0) is 16.0 Å². The topological polar surface area (TPSA) is 96.2 Å². The number of halogens is 1. The highest BCUT2D eigenvalue weighted by atomic mass is 19.1. The number of nitrogens with one attached hydrogen (secondary N) is 1. The number of tetrazole rings is 1. The van der Waals surface area contributed by atoms with Crippen LogP contribution in [0.25, 0.3) is 0 Å². The summed E-state index contributed by atoms with van der Waals surface area (Å²) in [4.78, 5) is 29.4. The first-order chi connectivity index (χ1) is 14.8. The fraction of sp³-hybridized carbons (Fsp3) is 0.571. The van der Waals surface area contributed by atoms with Gasteiger partial charge in [0.25, 0.3) is 0 Å². The Morgan fingerprint density at radius 2 is 2.00 bits per heavy atom. The molecule has 0 saturated carbocycles. The Morgan fingerprint density at radius 1 is 1.19 bits per heavy atom. The van der Waals surface area contributed by atoms with Gasteiger partial charge in [-0.15, -0.1) is 5.10 Å². The molecule has 1 aliphatic heterocycles. The molecule has 3 rings (SSSR count). The first kappa shape index (κ1) is 22.8. The summed E-state index contributed by atoms with van der Waals surface area (Å²) in [6.45, 7) is 8.37. The predicted octanol–water partition coefficient (Wildman–Crippen LogP) is 0.963. The van der Waals surface area contributed by atoms with Crippen LogP contribution in [-0.4, -0.2) is 80.6 Å². The third-order valence-corrected chi connectivity index (χ3v) is 5.27. The lowest BCUT2D eigenvalue weighted by molar-refractivity contribution is -0.135. The molecular weight excluding hydrogens is 401 g/mol. The number of carbonyl (C=O) groups is 2. The molecule has 0 bridgehead atoms. The van der Waals surface area contributed by atoms with Crippen molar-refractivity contribution in [1.82, 2.24) is 35.3 Å². The quantitative estimate of drug-likeness (QED) is 0.702. The number of carbonyl (C=O) groups excluding carboxylic acids is 2. The number of aromatic nitrogens is 4. The number of amides is 2. The molecule has 0 radical (unpaired) electrons. The van der Waals surface area contributed by atoms with E-state index >= 15 is 0 Å². The molecule has 1 atom stereocenters. The highest BCUT2D eigenvalue weighted by Gasteiger charge is 2.30. The lowest BCUT2D eigenvalue weighted by Crippen LogP contribution is -2.43. The summed E-state index contributed by atoms with van der Waals surface area (Å²) in [6.07, 6.45) is 1.06. The van der Waals surface area contributed by atoms with E-state index in [-0.39, 0.29) is 23.7 Å². The summed E-state index contributed by atoms with van der Waals surface area (Å²) in [5.74, 6) is 0.0648. The molecular formula is C21H30FN7O2. The first-order valence-electron chi connectivity index (χ1n) is 10.6. The van der Waals surface area contributed by atoms with Gasteiger partial charge in [0.15, 0.2) is 0 Å². The average Bonchev–Trinajstić information content (AvgIpc) is 2.99. The molecule has 2 aromatic rings. The van der Waals surface area contributed by atoms with Crippen LogP contribution in [0.3, 0.4) is 0 Å². The van der Waals surface area contributed by atoms with Crippen LogP contribution < -0.4 is 5.32 Å². The lowest BCUT2D eigenvalue weighted by atomic mass is 10.0. The third-order valence-electron chi connectivity index (χ3n) is 5.27. The summed E-state index contributed by atoms with van der Waals surface area (Å²) in [5, 5.41) is 14.5. The van der Waals surface area contributed by atoms with Crippen molar-refractivity contribution in [2.24, 2.45) is 0 Å². The van der Waals surface area contributed by atoms with Crippen LogP contribution in [0.4, 0.5) is 4.39 Å². The molecule has 1 saturated heterocycles. The van der Waals surface area contributed by atoms with E-state index in [0.717, 1.165) is 13.0 Å². The van der Waals surface area contributed by atoms with Gasteiger partial charge in [0.05, 0.1) is 6.54 Å². The molecule has 9 nitrogen and oxygen atoms in total. The summed E-state index contributed by atoms with van der Waals surface area (Å²) in [5.41, 5.74) is 0.704. The molecule has 1 aromatic heterocycles. The van der Waals surface area contributed by atoms with E-state index in [1.807, 2.05) is 13.8 Å². The Bertz CT molecular complexity index is 901. The molecule has 1 aromatic carbocycles. The fourth-order valence-electron chi connectivity index (χ4n) is 3.82. The average molecular weight is 432 g/mol. The summed E-state index contributed by atoms with van der Waals surface area (Å²) >= 11 is 0. The smallest absolute Gasteiger partial charge is 0.247 e. The Kier molecular flexibility index (Phi) is 7.67. The van der Waals surface area contributed by atoms with Gasteiger partial charge in [-0.1, -0.05) is 12.1 Å². The van der Waals surface area contributed by atoms with Crippen LogP contribution >= 0.6 is 0 Å². The van der Waals surface area contributed by atoms with Crippen molar-refractivity contribution in [1.29, 1.82) is 0 Å². The minimum Gasteiger partial charge on any atom is -0.353 e. The zero-order chi connectivity index (χ0) is 22.4. The van der Waals surface area contributed by atoms with E-state index in [0.29, 0.717) is 44.0 Å². The van der Waals surface area contributed by atoms with Crippen molar-refractivity contribution in [3.8, 4) is 0 Å². The molecule has 1 unspecified atom stereocenters.